The molecule has 8 nitrogen and oxygen atoms in total. The van der Waals surface area contributed by atoms with Crippen molar-refractivity contribution in [1.29, 1.82) is 0 Å². The van der Waals surface area contributed by atoms with Crippen molar-refractivity contribution in [1.82, 2.24) is 9.97 Å². The summed E-state index contributed by atoms with van der Waals surface area (Å²) >= 11 is 2.96. The molecule has 0 radical (unpaired) electrons. The second kappa shape index (κ2) is 9.88. The lowest BCUT2D eigenvalue weighted by molar-refractivity contribution is -0.384. The maximum Gasteiger partial charge on any atom is 0.269 e. The SMILES string of the molecule is COc1ccc(-c2csc(-c3ccnc(SCc4cccc([N+](=O)[O-])c4)c3)n2)c(OC)c1O. The van der Waals surface area contributed by atoms with Gasteiger partial charge in [0.2, 0.25) is 5.75 Å². The van der Waals surface area contributed by atoms with Crippen LogP contribution < -0.4 is 9.47 Å². The van der Waals surface area contributed by atoms with Gasteiger partial charge in [-0.05, 0) is 29.8 Å². The average Bonchev–Trinajstić information content (AvgIpc) is 3.33. The van der Waals surface area contributed by atoms with Crippen molar-refractivity contribution in [3.8, 4) is 39.1 Å². The van der Waals surface area contributed by atoms with Gasteiger partial charge in [-0.3, -0.25) is 10.1 Å². The van der Waals surface area contributed by atoms with Crippen molar-refractivity contribution in [3.05, 3.63) is 75.8 Å². The highest BCUT2D eigenvalue weighted by atomic mass is 32.2. The number of thiazole rings is 1. The topological polar surface area (TPSA) is 108 Å². The quantitative estimate of drug-likeness (QED) is 0.191. The normalized spacial score (nSPS) is 10.7. The van der Waals surface area contributed by atoms with Gasteiger partial charge in [-0.1, -0.05) is 12.1 Å². The number of non-ortho nitro benzene ring substituents is 1. The van der Waals surface area contributed by atoms with E-state index in [1.165, 1.54) is 43.4 Å². The lowest BCUT2D eigenvalue weighted by Crippen LogP contribution is -1.92. The van der Waals surface area contributed by atoms with E-state index in [0.29, 0.717) is 28.5 Å². The third-order valence-electron chi connectivity index (χ3n) is 4.79. The fraction of sp³-hybridized carbons (Fsp3) is 0.130. The number of ether oxygens (including phenoxy) is 2. The molecular weight excluding hydrogens is 462 g/mol. The molecule has 10 heteroatoms. The first-order chi connectivity index (χ1) is 16.0. The number of rotatable bonds is 8. The Morgan fingerprint density at radius 1 is 1.15 bits per heavy atom. The Hall–Kier alpha value is -3.63. The fourth-order valence-corrected chi connectivity index (χ4v) is 4.85. The number of hydrogen-bond donors (Lipinski definition) is 1. The Kier molecular flexibility index (Phi) is 6.76. The monoisotopic (exact) mass is 481 g/mol. The second-order valence-electron chi connectivity index (χ2n) is 6.83. The van der Waals surface area contributed by atoms with Crippen molar-refractivity contribution in [3.63, 3.8) is 0 Å². The Morgan fingerprint density at radius 2 is 2.00 bits per heavy atom. The van der Waals surface area contributed by atoms with Gasteiger partial charge in [0.25, 0.3) is 5.69 Å². The van der Waals surface area contributed by atoms with Gasteiger partial charge in [0.05, 0.1) is 29.9 Å². The molecule has 2 aromatic carbocycles. The van der Waals surface area contributed by atoms with Crippen LogP contribution in [-0.4, -0.2) is 34.2 Å². The molecule has 0 saturated heterocycles. The molecule has 0 amide bonds. The van der Waals surface area contributed by atoms with Crippen LogP contribution in [-0.2, 0) is 5.75 Å². The van der Waals surface area contributed by atoms with E-state index in [1.807, 2.05) is 23.6 Å². The minimum absolute atomic E-state index is 0.0733. The van der Waals surface area contributed by atoms with Crippen LogP contribution in [0.4, 0.5) is 5.69 Å². The zero-order valence-electron chi connectivity index (χ0n) is 17.7. The third-order valence-corrected chi connectivity index (χ3v) is 6.68. The summed E-state index contributed by atoms with van der Waals surface area (Å²) in [6.45, 7) is 0. The van der Waals surface area contributed by atoms with E-state index in [0.717, 1.165) is 21.2 Å². The number of aromatic nitrogens is 2. The van der Waals surface area contributed by atoms with Crippen molar-refractivity contribution in [2.24, 2.45) is 0 Å². The Bertz CT molecular complexity index is 1310. The molecule has 33 heavy (non-hydrogen) atoms. The van der Waals surface area contributed by atoms with Gasteiger partial charge in [0, 0.05) is 40.6 Å². The van der Waals surface area contributed by atoms with Crippen molar-refractivity contribution in [2.45, 2.75) is 10.8 Å². The summed E-state index contributed by atoms with van der Waals surface area (Å²) in [4.78, 5) is 19.7. The van der Waals surface area contributed by atoms with Gasteiger partial charge < -0.3 is 14.6 Å². The number of aromatic hydroxyl groups is 1. The molecule has 0 aliphatic carbocycles. The van der Waals surface area contributed by atoms with Crippen LogP contribution in [0.1, 0.15) is 5.56 Å². The number of hydrogen-bond acceptors (Lipinski definition) is 9. The van der Waals surface area contributed by atoms with E-state index in [-0.39, 0.29) is 11.4 Å². The van der Waals surface area contributed by atoms with Crippen molar-refractivity contribution in [2.75, 3.05) is 14.2 Å². The maximum atomic E-state index is 11.0. The van der Waals surface area contributed by atoms with Crippen molar-refractivity contribution < 1.29 is 19.5 Å². The van der Waals surface area contributed by atoms with Gasteiger partial charge >= 0.3 is 0 Å². The van der Waals surface area contributed by atoms with Gasteiger partial charge in [-0.15, -0.1) is 23.1 Å². The largest absolute Gasteiger partial charge is 0.502 e. The van der Waals surface area contributed by atoms with E-state index in [9.17, 15) is 15.2 Å². The summed E-state index contributed by atoms with van der Waals surface area (Å²) in [6, 6.07) is 13.9. The van der Waals surface area contributed by atoms with Crippen LogP contribution in [0, 0.1) is 10.1 Å². The third kappa shape index (κ3) is 4.91. The summed E-state index contributed by atoms with van der Waals surface area (Å²) in [5.74, 6) is 1.11. The molecule has 0 atom stereocenters. The lowest BCUT2D eigenvalue weighted by Gasteiger charge is -2.11. The van der Waals surface area contributed by atoms with E-state index in [4.69, 9.17) is 14.5 Å². The molecule has 4 aromatic rings. The van der Waals surface area contributed by atoms with Crippen LogP contribution >= 0.6 is 23.1 Å². The highest BCUT2D eigenvalue weighted by molar-refractivity contribution is 7.98. The first-order valence-electron chi connectivity index (χ1n) is 9.72. The smallest absolute Gasteiger partial charge is 0.269 e. The Balaban J connectivity index is 1.55. The molecule has 2 aromatic heterocycles. The molecule has 0 unspecified atom stereocenters. The zero-order valence-corrected chi connectivity index (χ0v) is 19.4. The Labute approximate surface area is 198 Å². The minimum Gasteiger partial charge on any atom is -0.502 e. The number of pyridine rings is 1. The molecule has 0 spiro atoms. The summed E-state index contributed by atoms with van der Waals surface area (Å²) in [6.07, 6.45) is 1.71. The number of nitro groups is 1. The number of phenols is 1. The van der Waals surface area contributed by atoms with E-state index < -0.39 is 4.92 Å². The molecule has 2 heterocycles. The molecule has 168 valence electrons. The van der Waals surface area contributed by atoms with Gasteiger partial charge in [0.1, 0.15) is 5.01 Å². The van der Waals surface area contributed by atoms with Gasteiger partial charge in [-0.25, -0.2) is 9.97 Å². The zero-order chi connectivity index (χ0) is 23.4. The molecule has 1 N–H and O–H groups in total. The maximum absolute atomic E-state index is 11.0. The highest BCUT2D eigenvalue weighted by Gasteiger charge is 2.18. The molecule has 0 fully saturated rings. The van der Waals surface area contributed by atoms with Crippen LogP contribution in [0.5, 0.6) is 17.2 Å². The number of benzene rings is 2. The molecule has 0 bridgehead atoms. The standard InChI is InChI=1S/C23H19N3O5S2/c1-30-19-7-6-17(22(31-2)21(19)27)18-13-33-23(25-18)15-8-9-24-20(11-15)32-12-14-4-3-5-16(10-14)26(28)29/h3-11,13,27H,12H2,1-2H3. The summed E-state index contributed by atoms with van der Waals surface area (Å²) in [5.41, 5.74) is 3.16. The fourth-order valence-electron chi connectivity index (χ4n) is 3.19. The van der Waals surface area contributed by atoms with Crippen LogP contribution in [0.15, 0.2) is 65.1 Å². The second-order valence-corrected chi connectivity index (χ2v) is 8.69. The van der Waals surface area contributed by atoms with Crippen LogP contribution in [0.2, 0.25) is 0 Å². The molecule has 4 rings (SSSR count). The highest BCUT2D eigenvalue weighted by Crippen LogP contribution is 2.44. The molecule has 0 aliphatic heterocycles. The first-order valence-corrected chi connectivity index (χ1v) is 11.6. The predicted octanol–water partition coefficient (Wildman–Crippen LogP) is 5.80. The van der Waals surface area contributed by atoms with Gasteiger partial charge in [-0.2, -0.15) is 0 Å². The summed E-state index contributed by atoms with van der Waals surface area (Å²) in [5, 5.41) is 24.8. The number of nitro benzene ring substituents is 1. The van der Waals surface area contributed by atoms with E-state index in [2.05, 4.69) is 4.98 Å². The van der Waals surface area contributed by atoms with Crippen molar-refractivity contribution >= 4 is 28.8 Å². The van der Waals surface area contributed by atoms with E-state index in [1.54, 1.807) is 30.5 Å². The lowest BCUT2D eigenvalue weighted by atomic mass is 10.1. The first kappa shape index (κ1) is 22.6. The van der Waals surface area contributed by atoms with Crippen LogP contribution in [0.3, 0.4) is 0 Å². The number of nitrogens with zero attached hydrogens (tertiary/aromatic N) is 3. The number of thioether (sulfide) groups is 1. The van der Waals surface area contributed by atoms with Gasteiger partial charge in [0.15, 0.2) is 11.5 Å². The number of phenolic OH excluding ortho intramolecular Hbond substituents is 1. The minimum atomic E-state index is -0.398. The summed E-state index contributed by atoms with van der Waals surface area (Å²) < 4.78 is 10.5. The predicted molar refractivity (Wildman–Crippen MR) is 128 cm³/mol. The Morgan fingerprint density at radius 3 is 2.76 bits per heavy atom. The number of methoxy groups -OCH3 is 2. The molecular formula is C23H19N3O5S2. The van der Waals surface area contributed by atoms with E-state index >= 15 is 0 Å². The average molecular weight is 482 g/mol. The van der Waals surface area contributed by atoms with Crippen LogP contribution in [0.25, 0.3) is 21.8 Å². The summed E-state index contributed by atoms with van der Waals surface area (Å²) in [7, 11) is 2.96. The molecule has 0 saturated carbocycles. The molecule has 0 aliphatic rings.